The number of hydrogen-bond acceptors (Lipinski definition) is 4. The van der Waals surface area contributed by atoms with Crippen molar-refractivity contribution in [2.75, 3.05) is 32.8 Å². The van der Waals surface area contributed by atoms with Crippen LogP contribution in [0.5, 0.6) is 11.5 Å². The summed E-state index contributed by atoms with van der Waals surface area (Å²) in [6, 6.07) is 15.7. The molecule has 0 aliphatic carbocycles. The molecule has 3 aromatic rings. The van der Waals surface area contributed by atoms with Gasteiger partial charge in [0.05, 0.1) is 18.7 Å². The summed E-state index contributed by atoms with van der Waals surface area (Å²) in [7, 11) is 0. The van der Waals surface area contributed by atoms with Crippen molar-refractivity contribution in [2.45, 2.75) is 19.3 Å². The number of benzene rings is 2. The summed E-state index contributed by atoms with van der Waals surface area (Å²) in [5.74, 6) is 2.32. The average molecular weight is 418 g/mol. The minimum absolute atomic E-state index is 0. The molecule has 1 saturated heterocycles. The van der Waals surface area contributed by atoms with Crippen molar-refractivity contribution in [1.82, 2.24) is 14.9 Å². The van der Waals surface area contributed by atoms with Crippen molar-refractivity contribution in [3.8, 4) is 11.5 Å². The second kappa shape index (κ2) is 10.4. The zero-order valence-corrected chi connectivity index (χ0v) is 17.2. The van der Waals surface area contributed by atoms with Gasteiger partial charge >= 0.3 is 5.69 Å². The van der Waals surface area contributed by atoms with E-state index in [4.69, 9.17) is 9.47 Å². The minimum Gasteiger partial charge on any atom is -0.493 e. The fourth-order valence-corrected chi connectivity index (χ4v) is 3.73. The van der Waals surface area contributed by atoms with Gasteiger partial charge in [0.25, 0.3) is 0 Å². The molecule has 0 saturated carbocycles. The number of likely N-dealkylation sites (tertiary alicyclic amines) is 1. The van der Waals surface area contributed by atoms with Crippen LogP contribution in [0.15, 0.2) is 53.3 Å². The van der Waals surface area contributed by atoms with Gasteiger partial charge < -0.3 is 24.3 Å². The van der Waals surface area contributed by atoms with Gasteiger partial charge in [-0.15, -0.1) is 12.4 Å². The molecule has 2 heterocycles. The lowest BCUT2D eigenvalue weighted by Crippen LogP contribution is -2.36. The van der Waals surface area contributed by atoms with Crippen LogP contribution in [0.2, 0.25) is 0 Å². The van der Waals surface area contributed by atoms with Gasteiger partial charge in [-0.2, -0.15) is 0 Å². The zero-order valence-electron chi connectivity index (χ0n) is 16.4. The molecule has 29 heavy (non-hydrogen) atoms. The number of H-pyrrole nitrogens is 2. The number of nitrogens with zero attached hydrogens (tertiary/aromatic N) is 1. The molecular formula is C22H28ClN3O3. The third kappa shape index (κ3) is 5.78. The highest BCUT2D eigenvalue weighted by atomic mass is 35.5. The molecule has 1 aromatic heterocycles. The van der Waals surface area contributed by atoms with Crippen LogP contribution in [-0.2, 0) is 0 Å². The molecule has 2 aromatic carbocycles. The molecule has 2 N–H and O–H groups in total. The number of hydrogen-bond donors (Lipinski definition) is 2. The lowest BCUT2D eigenvalue weighted by molar-refractivity contribution is 0.135. The van der Waals surface area contributed by atoms with Crippen molar-refractivity contribution in [3.05, 3.63) is 59.0 Å². The second-order valence-electron chi connectivity index (χ2n) is 7.37. The number of ether oxygens (including phenoxy) is 2. The van der Waals surface area contributed by atoms with Crippen LogP contribution in [0.3, 0.4) is 0 Å². The predicted octanol–water partition coefficient (Wildman–Crippen LogP) is 3.84. The van der Waals surface area contributed by atoms with Gasteiger partial charge in [0, 0.05) is 6.54 Å². The number of aromatic amines is 2. The lowest BCUT2D eigenvalue weighted by atomic mass is 9.98. The van der Waals surface area contributed by atoms with E-state index < -0.39 is 0 Å². The fourth-order valence-electron chi connectivity index (χ4n) is 3.73. The number of aromatic nitrogens is 2. The van der Waals surface area contributed by atoms with Crippen LogP contribution < -0.4 is 15.2 Å². The Balaban J connectivity index is 0.00000240. The molecule has 0 radical (unpaired) electrons. The molecule has 6 nitrogen and oxygen atoms in total. The molecule has 4 rings (SSSR count). The van der Waals surface area contributed by atoms with E-state index in [0.29, 0.717) is 12.5 Å². The van der Waals surface area contributed by atoms with E-state index in [9.17, 15) is 4.79 Å². The first-order chi connectivity index (χ1) is 13.8. The maximum absolute atomic E-state index is 11.4. The molecule has 0 amide bonds. The van der Waals surface area contributed by atoms with Crippen LogP contribution in [0.1, 0.15) is 19.3 Å². The third-order valence-corrected chi connectivity index (χ3v) is 5.33. The monoisotopic (exact) mass is 417 g/mol. The molecule has 1 fully saturated rings. The number of imidazole rings is 1. The summed E-state index contributed by atoms with van der Waals surface area (Å²) >= 11 is 0. The highest BCUT2D eigenvalue weighted by Crippen LogP contribution is 2.22. The van der Waals surface area contributed by atoms with Gasteiger partial charge in [-0.25, -0.2) is 4.79 Å². The lowest BCUT2D eigenvalue weighted by Gasteiger charge is -2.31. The maximum Gasteiger partial charge on any atom is 0.323 e. The van der Waals surface area contributed by atoms with Crippen LogP contribution in [0.25, 0.3) is 11.0 Å². The zero-order chi connectivity index (χ0) is 19.2. The standard InChI is InChI=1S/C22H27N3O3.ClH/c26-22-23-19-8-4-9-20(21(19)24-22)27-15-5-12-25-13-10-17(11-14-25)16-28-18-6-2-1-3-7-18;/h1-4,6-9,17H,5,10-16H2,(H2,23,24,26);1H. The second-order valence-corrected chi connectivity index (χ2v) is 7.37. The molecule has 1 aliphatic rings. The topological polar surface area (TPSA) is 70.3 Å². The molecule has 156 valence electrons. The molecule has 7 heteroatoms. The van der Waals surface area contributed by atoms with E-state index in [-0.39, 0.29) is 18.1 Å². The third-order valence-electron chi connectivity index (χ3n) is 5.33. The van der Waals surface area contributed by atoms with Crippen LogP contribution >= 0.6 is 12.4 Å². The summed E-state index contributed by atoms with van der Waals surface area (Å²) in [5, 5.41) is 0. The highest BCUT2D eigenvalue weighted by Gasteiger charge is 2.19. The van der Waals surface area contributed by atoms with E-state index in [2.05, 4.69) is 14.9 Å². The molecule has 0 spiro atoms. The normalized spacial score (nSPS) is 15.2. The van der Waals surface area contributed by atoms with E-state index in [1.54, 1.807) is 0 Å². The first-order valence-electron chi connectivity index (χ1n) is 10.0. The minimum atomic E-state index is -0.204. The Bertz CT molecular complexity index is 933. The van der Waals surface area contributed by atoms with Crippen molar-refractivity contribution in [3.63, 3.8) is 0 Å². The van der Waals surface area contributed by atoms with Gasteiger partial charge in [-0.1, -0.05) is 24.3 Å². The Labute approximate surface area is 176 Å². The van der Waals surface area contributed by atoms with Crippen LogP contribution in [0.4, 0.5) is 0 Å². The van der Waals surface area contributed by atoms with Gasteiger partial charge in [0.15, 0.2) is 0 Å². The Morgan fingerprint density at radius 1 is 0.966 bits per heavy atom. The van der Waals surface area contributed by atoms with Gasteiger partial charge in [0.2, 0.25) is 0 Å². The first kappa shape index (κ1) is 21.3. The fraction of sp³-hybridized carbons (Fsp3) is 0.409. The average Bonchev–Trinajstić information content (AvgIpc) is 3.12. The molecule has 1 aliphatic heterocycles. The van der Waals surface area contributed by atoms with Crippen molar-refractivity contribution in [2.24, 2.45) is 5.92 Å². The number of rotatable bonds is 8. The van der Waals surface area contributed by atoms with E-state index in [1.807, 2.05) is 48.5 Å². The van der Waals surface area contributed by atoms with Gasteiger partial charge in [-0.3, -0.25) is 0 Å². The van der Waals surface area contributed by atoms with Gasteiger partial charge in [-0.05, 0) is 62.5 Å². The summed E-state index contributed by atoms with van der Waals surface area (Å²) in [6.07, 6.45) is 3.32. The summed E-state index contributed by atoms with van der Waals surface area (Å²) in [5.41, 5.74) is 1.32. The van der Waals surface area contributed by atoms with Crippen LogP contribution in [0, 0.1) is 5.92 Å². The van der Waals surface area contributed by atoms with Gasteiger partial charge in [0.1, 0.15) is 17.0 Å². The number of fused-ring (bicyclic) bond motifs is 1. The quantitative estimate of drug-likeness (QED) is 0.546. The van der Waals surface area contributed by atoms with Crippen LogP contribution in [-0.4, -0.2) is 47.7 Å². The number of piperidine rings is 1. The molecule has 0 bridgehead atoms. The van der Waals surface area contributed by atoms with Crippen molar-refractivity contribution >= 4 is 23.4 Å². The Morgan fingerprint density at radius 2 is 1.76 bits per heavy atom. The van der Waals surface area contributed by atoms with E-state index >= 15 is 0 Å². The molecule has 0 atom stereocenters. The Morgan fingerprint density at radius 3 is 2.55 bits per heavy atom. The largest absolute Gasteiger partial charge is 0.493 e. The molecular weight excluding hydrogens is 390 g/mol. The Hall–Kier alpha value is -2.44. The molecule has 0 unspecified atom stereocenters. The smallest absolute Gasteiger partial charge is 0.323 e. The van der Waals surface area contributed by atoms with Crippen molar-refractivity contribution < 1.29 is 9.47 Å². The first-order valence-corrected chi connectivity index (χ1v) is 10.0. The number of halogens is 1. The van der Waals surface area contributed by atoms with Crippen molar-refractivity contribution in [1.29, 1.82) is 0 Å². The Kier molecular flexibility index (Phi) is 7.61. The van der Waals surface area contributed by atoms with E-state index in [1.165, 1.54) is 12.8 Å². The highest BCUT2D eigenvalue weighted by molar-refractivity contribution is 5.85. The summed E-state index contributed by atoms with van der Waals surface area (Å²) in [4.78, 5) is 19.5. The number of para-hydroxylation sites is 2. The SMILES string of the molecule is Cl.O=c1[nH]c2cccc(OCCCN3CCC(COc4ccccc4)CC3)c2[nH]1. The summed E-state index contributed by atoms with van der Waals surface area (Å²) < 4.78 is 11.8. The van der Waals surface area contributed by atoms with E-state index in [0.717, 1.165) is 55.2 Å². The summed E-state index contributed by atoms with van der Waals surface area (Å²) in [6.45, 7) is 4.71. The maximum atomic E-state index is 11.4. The number of nitrogens with one attached hydrogen (secondary N) is 2. The predicted molar refractivity (Wildman–Crippen MR) is 117 cm³/mol.